The molecular formula is C20H25N3O6S. The Balaban J connectivity index is 2.16. The number of fused-ring (bicyclic) bond motifs is 1. The van der Waals surface area contributed by atoms with E-state index in [2.05, 4.69) is 28.2 Å². The van der Waals surface area contributed by atoms with Crippen LogP contribution in [0.2, 0.25) is 0 Å². The van der Waals surface area contributed by atoms with Gasteiger partial charge in [0.25, 0.3) is 0 Å². The quantitative estimate of drug-likeness (QED) is 0.309. The van der Waals surface area contributed by atoms with Gasteiger partial charge in [-0.2, -0.15) is 12.6 Å². The standard InChI is InChI=1S/C20H25N3O6S/c1-10(2)17(30)19(27)22-14(8-16(24)25)18(26)23-15(20(28)29)7-11-9-21-13-6-4-3-5-12(11)13/h3-6,9-10,14-15,17,21,30H,7-8H2,1-2H3,(H,22,27)(H,23,26)(H,24,25)(H,28,29)/t14-,15-,17-/m0/s1. The van der Waals surface area contributed by atoms with Gasteiger partial charge in [0.15, 0.2) is 0 Å². The molecule has 1 aromatic carbocycles. The molecule has 1 aromatic heterocycles. The van der Waals surface area contributed by atoms with Crippen LogP contribution in [0.15, 0.2) is 30.5 Å². The number of aromatic amines is 1. The van der Waals surface area contributed by atoms with Crippen LogP contribution in [-0.2, 0) is 25.6 Å². The van der Waals surface area contributed by atoms with Crippen LogP contribution in [0.5, 0.6) is 0 Å². The molecule has 0 saturated carbocycles. The van der Waals surface area contributed by atoms with Crippen LogP contribution in [0.1, 0.15) is 25.8 Å². The van der Waals surface area contributed by atoms with Crippen LogP contribution >= 0.6 is 12.6 Å². The molecule has 0 saturated heterocycles. The maximum atomic E-state index is 12.6. The third-order valence-corrected chi connectivity index (χ3v) is 5.46. The molecule has 10 heteroatoms. The van der Waals surface area contributed by atoms with Gasteiger partial charge in [-0.15, -0.1) is 0 Å². The van der Waals surface area contributed by atoms with E-state index < -0.39 is 47.5 Å². The van der Waals surface area contributed by atoms with E-state index in [0.29, 0.717) is 5.56 Å². The molecule has 0 unspecified atom stereocenters. The van der Waals surface area contributed by atoms with Crippen molar-refractivity contribution >= 4 is 47.3 Å². The van der Waals surface area contributed by atoms with Gasteiger partial charge in [0.05, 0.1) is 11.7 Å². The highest BCUT2D eigenvalue weighted by atomic mass is 32.1. The van der Waals surface area contributed by atoms with Crippen molar-refractivity contribution in [3.63, 3.8) is 0 Å². The summed E-state index contributed by atoms with van der Waals surface area (Å²) in [6.45, 7) is 3.51. The Morgan fingerprint density at radius 3 is 2.27 bits per heavy atom. The Bertz CT molecular complexity index is 942. The first-order valence-corrected chi connectivity index (χ1v) is 9.90. The van der Waals surface area contributed by atoms with Crippen LogP contribution in [0, 0.1) is 5.92 Å². The van der Waals surface area contributed by atoms with Gasteiger partial charge in [-0.25, -0.2) is 4.79 Å². The van der Waals surface area contributed by atoms with E-state index in [9.17, 15) is 24.3 Å². The Hall–Kier alpha value is -3.01. The number of hydrogen-bond donors (Lipinski definition) is 6. The van der Waals surface area contributed by atoms with Crippen LogP contribution in [-0.4, -0.2) is 56.3 Å². The predicted molar refractivity (Wildman–Crippen MR) is 113 cm³/mol. The number of benzene rings is 1. The summed E-state index contributed by atoms with van der Waals surface area (Å²) in [6, 6.07) is 4.59. The molecule has 0 spiro atoms. The zero-order valence-corrected chi connectivity index (χ0v) is 17.5. The molecular weight excluding hydrogens is 410 g/mol. The summed E-state index contributed by atoms with van der Waals surface area (Å²) < 4.78 is 0. The van der Waals surface area contributed by atoms with Gasteiger partial charge in [-0.1, -0.05) is 32.0 Å². The molecule has 2 amide bonds. The van der Waals surface area contributed by atoms with E-state index in [4.69, 9.17) is 5.11 Å². The predicted octanol–water partition coefficient (Wildman–Crippen LogP) is 1.19. The number of rotatable bonds is 10. The molecule has 2 rings (SSSR count). The maximum Gasteiger partial charge on any atom is 0.326 e. The van der Waals surface area contributed by atoms with E-state index in [-0.39, 0.29) is 12.3 Å². The number of para-hydroxylation sites is 1. The molecule has 5 N–H and O–H groups in total. The lowest BCUT2D eigenvalue weighted by molar-refractivity contribution is -0.143. The molecule has 2 aromatic rings. The lowest BCUT2D eigenvalue weighted by Crippen LogP contribution is -2.54. The summed E-state index contributed by atoms with van der Waals surface area (Å²) in [6.07, 6.45) is 0.965. The van der Waals surface area contributed by atoms with Crippen molar-refractivity contribution in [3.8, 4) is 0 Å². The van der Waals surface area contributed by atoms with Crippen LogP contribution in [0.25, 0.3) is 10.9 Å². The molecule has 0 aliphatic carbocycles. The number of nitrogens with one attached hydrogen (secondary N) is 3. The van der Waals surface area contributed by atoms with Crippen molar-refractivity contribution in [2.45, 2.75) is 44.0 Å². The second-order valence-corrected chi connectivity index (χ2v) is 7.87. The first-order chi connectivity index (χ1) is 14.1. The van der Waals surface area contributed by atoms with Gasteiger partial charge in [0.2, 0.25) is 11.8 Å². The summed E-state index contributed by atoms with van der Waals surface area (Å²) in [7, 11) is 0. The third kappa shape index (κ3) is 5.99. The lowest BCUT2D eigenvalue weighted by atomic mass is 10.0. The van der Waals surface area contributed by atoms with Crippen molar-refractivity contribution in [1.29, 1.82) is 0 Å². The monoisotopic (exact) mass is 435 g/mol. The fraction of sp³-hybridized carbons (Fsp3) is 0.400. The SMILES string of the molecule is CC(C)[C@H](S)C(=O)N[C@@H](CC(=O)O)C(=O)N[C@@H](Cc1c[nH]c2ccccc12)C(=O)O. The van der Waals surface area contributed by atoms with E-state index in [1.807, 2.05) is 24.3 Å². The number of thiol groups is 1. The fourth-order valence-electron chi connectivity index (χ4n) is 2.94. The molecule has 30 heavy (non-hydrogen) atoms. The van der Waals surface area contributed by atoms with Crippen molar-refractivity contribution < 1.29 is 29.4 Å². The molecule has 0 aliphatic rings. The van der Waals surface area contributed by atoms with Crippen LogP contribution in [0.4, 0.5) is 0 Å². The normalized spacial score (nSPS) is 14.1. The molecule has 0 aliphatic heterocycles. The zero-order valence-electron chi connectivity index (χ0n) is 16.6. The van der Waals surface area contributed by atoms with Crippen molar-refractivity contribution in [3.05, 3.63) is 36.0 Å². The third-order valence-electron chi connectivity index (χ3n) is 4.63. The minimum absolute atomic E-state index is 0.0139. The highest BCUT2D eigenvalue weighted by Crippen LogP contribution is 2.19. The second-order valence-electron chi connectivity index (χ2n) is 7.31. The molecule has 9 nitrogen and oxygen atoms in total. The maximum absolute atomic E-state index is 12.6. The first-order valence-electron chi connectivity index (χ1n) is 9.38. The minimum atomic E-state index is -1.42. The van der Waals surface area contributed by atoms with Gasteiger partial charge in [0.1, 0.15) is 12.1 Å². The number of aromatic nitrogens is 1. The molecule has 162 valence electrons. The smallest absolute Gasteiger partial charge is 0.326 e. The van der Waals surface area contributed by atoms with Crippen LogP contribution in [0.3, 0.4) is 0 Å². The fourth-order valence-corrected chi connectivity index (χ4v) is 3.01. The highest BCUT2D eigenvalue weighted by molar-refractivity contribution is 7.81. The van der Waals surface area contributed by atoms with Crippen molar-refractivity contribution in [1.82, 2.24) is 15.6 Å². The number of amides is 2. The number of carboxylic acid groups (broad SMARTS) is 2. The summed E-state index contributed by atoms with van der Waals surface area (Å²) in [5.74, 6) is -4.21. The first kappa shape index (κ1) is 23.3. The number of carboxylic acids is 2. The Kier molecular flexibility index (Phi) is 7.87. The number of hydrogen-bond acceptors (Lipinski definition) is 5. The summed E-state index contributed by atoms with van der Waals surface area (Å²) in [5.41, 5.74) is 1.51. The van der Waals surface area contributed by atoms with E-state index in [0.717, 1.165) is 10.9 Å². The van der Waals surface area contributed by atoms with Gasteiger partial charge in [-0.05, 0) is 17.5 Å². The Labute approximate surface area is 178 Å². The van der Waals surface area contributed by atoms with Gasteiger partial charge in [0, 0.05) is 23.5 Å². The number of carbonyl (C=O) groups excluding carboxylic acids is 2. The molecule has 0 radical (unpaired) electrons. The highest BCUT2D eigenvalue weighted by Gasteiger charge is 2.30. The van der Waals surface area contributed by atoms with E-state index in [1.54, 1.807) is 20.0 Å². The van der Waals surface area contributed by atoms with E-state index >= 15 is 0 Å². The van der Waals surface area contributed by atoms with Gasteiger partial charge >= 0.3 is 11.9 Å². The Morgan fingerprint density at radius 2 is 1.67 bits per heavy atom. The topological polar surface area (TPSA) is 149 Å². The number of aliphatic carboxylic acids is 2. The number of H-pyrrole nitrogens is 1. The van der Waals surface area contributed by atoms with Crippen LogP contribution < -0.4 is 10.6 Å². The molecule has 1 heterocycles. The number of carbonyl (C=O) groups is 4. The summed E-state index contributed by atoms with van der Waals surface area (Å²) in [4.78, 5) is 50.8. The second kappa shape index (κ2) is 10.1. The largest absolute Gasteiger partial charge is 0.481 e. The van der Waals surface area contributed by atoms with Gasteiger partial charge < -0.3 is 25.8 Å². The van der Waals surface area contributed by atoms with E-state index in [1.165, 1.54) is 0 Å². The molecule has 3 atom stereocenters. The summed E-state index contributed by atoms with van der Waals surface area (Å²) in [5, 5.41) is 23.4. The van der Waals surface area contributed by atoms with Gasteiger partial charge in [-0.3, -0.25) is 14.4 Å². The Morgan fingerprint density at radius 1 is 1.03 bits per heavy atom. The van der Waals surface area contributed by atoms with Crippen molar-refractivity contribution in [2.75, 3.05) is 0 Å². The van der Waals surface area contributed by atoms with Crippen molar-refractivity contribution in [2.24, 2.45) is 5.92 Å². The lowest BCUT2D eigenvalue weighted by Gasteiger charge is -2.22. The molecule has 0 bridgehead atoms. The minimum Gasteiger partial charge on any atom is -0.481 e. The average molecular weight is 436 g/mol. The average Bonchev–Trinajstić information content (AvgIpc) is 3.08. The molecule has 0 fully saturated rings. The zero-order chi connectivity index (χ0) is 22.4. The summed E-state index contributed by atoms with van der Waals surface area (Å²) >= 11 is 4.16.